The summed E-state index contributed by atoms with van der Waals surface area (Å²) < 4.78 is 0. The predicted octanol–water partition coefficient (Wildman–Crippen LogP) is 7.17. The quantitative estimate of drug-likeness (QED) is 0.263. The number of hydrogen-bond acceptors (Lipinski definition) is 3. The Kier molecular flexibility index (Phi) is 13.0. The predicted molar refractivity (Wildman–Crippen MR) is 128 cm³/mol. The van der Waals surface area contributed by atoms with Crippen molar-refractivity contribution in [1.29, 1.82) is 0 Å². The lowest BCUT2D eigenvalue weighted by molar-refractivity contribution is 0.437. The van der Waals surface area contributed by atoms with E-state index in [9.17, 15) is 0 Å². The number of thioether (sulfide) groups is 2. The van der Waals surface area contributed by atoms with Gasteiger partial charge in [0.25, 0.3) is 0 Å². The first kappa shape index (κ1) is 24.4. The van der Waals surface area contributed by atoms with Crippen LogP contribution in [-0.2, 0) is 0 Å². The molecule has 0 radical (unpaired) electrons. The summed E-state index contributed by atoms with van der Waals surface area (Å²) in [5, 5.41) is 0.416. The van der Waals surface area contributed by atoms with Gasteiger partial charge >= 0.3 is 0 Å². The highest BCUT2D eigenvalue weighted by Gasteiger charge is 2.14. The molecule has 1 unspecified atom stereocenters. The highest BCUT2D eigenvalue weighted by molar-refractivity contribution is 7.99. The maximum absolute atomic E-state index is 2.33. The van der Waals surface area contributed by atoms with Crippen molar-refractivity contribution < 1.29 is 0 Å². The zero-order valence-electron chi connectivity index (χ0n) is 16.9. The lowest BCUT2D eigenvalue weighted by Gasteiger charge is -2.19. The third-order valence-electron chi connectivity index (χ3n) is 4.37. The van der Waals surface area contributed by atoms with Gasteiger partial charge in [0, 0.05) is 17.2 Å². The number of benzene rings is 2. The van der Waals surface area contributed by atoms with Gasteiger partial charge in [-0.05, 0) is 49.5 Å². The fraction of sp³-hybridized carbons (Fsp3) is 0.478. The maximum atomic E-state index is 2.33. The molecule has 0 aliphatic carbocycles. The molecule has 1 nitrogen and oxygen atoms in total. The summed E-state index contributed by atoms with van der Waals surface area (Å²) in [5.41, 5.74) is 2.81. The molecule has 0 N–H and O–H groups in total. The fourth-order valence-corrected chi connectivity index (χ4v) is 5.14. The molecular formula is C23H34ClNS2. The summed E-state index contributed by atoms with van der Waals surface area (Å²) in [6, 6.07) is 20.2. The van der Waals surface area contributed by atoms with Crippen molar-refractivity contribution in [3.8, 4) is 0 Å². The standard InChI is InChI=1S/C23H33NS2.ClH/c1-4-5-6-10-18-25-22-15-13-21(14-16-22)23(26-19-17-24(2)3)20-11-8-7-9-12-20;/h7-9,11-16,23H,4-6,10,17-19H2,1-3H3;1H. The first-order valence-corrected chi connectivity index (χ1v) is 11.8. The number of nitrogens with zero attached hydrogens (tertiary/aromatic N) is 1. The minimum atomic E-state index is 0. The lowest BCUT2D eigenvalue weighted by atomic mass is 10.0. The number of hydrogen-bond donors (Lipinski definition) is 0. The largest absolute Gasteiger partial charge is 0.309 e. The topological polar surface area (TPSA) is 3.24 Å². The Balaban J connectivity index is 0.00000364. The molecule has 150 valence electrons. The summed E-state index contributed by atoms with van der Waals surface area (Å²) in [6.07, 6.45) is 5.36. The van der Waals surface area contributed by atoms with Crippen molar-refractivity contribution in [2.45, 2.75) is 42.8 Å². The average molecular weight is 424 g/mol. The second-order valence-electron chi connectivity index (χ2n) is 6.94. The number of halogens is 1. The van der Waals surface area contributed by atoms with Crippen molar-refractivity contribution in [3.63, 3.8) is 0 Å². The van der Waals surface area contributed by atoms with Gasteiger partial charge in [-0.15, -0.1) is 35.9 Å². The first-order valence-electron chi connectivity index (χ1n) is 9.74. The van der Waals surface area contributed by atoms with E-state index in [0.717, 1.165) is 12.3 Å². The van der Waals surface area contributed by atoms with Crippen molar-refractivity contribution in [2.75, 3.05) is 32.1 Å². The van der Waals surface area contributed by atoms with Crippen LogP contribution in [0.1, 0.15) is 49.0 Å². The molecule has 0 saturated carbocycles. The summed E-state index contributed by atoms with van der Waals surface area (Å²) in [6.45, 7) is 3.38. The molecule has 2 rings (SSSR count). The average Bonchev–Trinajstić information content (AvgIpc) is 2.66. The normalized spacial score (nSPS) is 12.0. The Hall–Kier alpha value is -0.610. The molecule has 0 saturated heterocycles. The monoisotopic (exact) mass is 423 g/mol. The maximum Gasteiger partial charge on any atom is 0.0547 e. The van der Waals surface area contributed by atoms with E-state index in [0.29, 0.717) is 5.25 Å². The Morgan fingerprint density at radius 2 is 1.48 bits per heavy atom. The van der Waals surface area contributed by atoms with Crippen molar-refractivity contribution in [2.24, 2.45) is 0 Å². The van der Waals surface area contributed by atoms with Gasteiger partial charge in [0.05, 0.1) is 5.25 Å². The van der Waals surface area contributed by atoms with Gasteiger partial charge in [-0.3, -0.25) is 0 Å². The molecule has 27 heavy (non-hydrogen) atoms. The minimum absolute atomic E-state index is 0. The van der Waals surface area contributed by atoms with Crippen molar-refractivity contribution in [3.05, 3.63) is 65.7 Å². The van der Waals surface area contributed by atoms with E-state index >= 15 is 0 Å². The van der Waals surface area contributed by atoms with Crippen LogP contribution in [-0.4, -0.2) is 37.0 Å². The van der Waals surface area contributed by atoms with E-state index in [1.165, 1.54) is 47.5 Å². The van der Waals surface area contributed by atoms with Crippen LogP contribution in [0.3, 0.4) is 0 Å². The zero-order valence-corrected chi connectivity index (χ0v) is 19.3. The molecule has 2 aromatic carbocycles. The minimum Gasteiger partial charge on any atom is -0.309 e. The van der Waals surface area contributed by atoms with Crippen LogP contribution in [0.5, 0.6) is 0 Å². The highest BCUT2D eigenvalue weighted by atomic mass is 35.5. The highest BCUT2D eigenvalue weighted by Crippen LogP contribution is 2.36. The van der Waals surface area contributed by atoms with Crippen LogP contribution in [0.15, 0.2) is 59.5 Å². The van der Waals surface area contributed by atoms with Crippen LogP contribution in [0.4, 0.5) is 0 Å². The van der Waals surface area contributed by atoms with E-state index in [1.54, 1.807) is 0 Å². The third-order valence-corrected chi connectivity index (χ3v) is 6.77. The molecule has 0 aliphatic heterocycles. The van der Waals surface area contributed by atoms with E-state index < -0.39 is 0 Å². The molecule has 0 aromatic heterocycles. The molecule has 0 aliphatic rings. The summed E-state index contributed by atoms with van der Waals surface area (Å²) in [7, 11) is 4.29. The number of rotatable bonds is 12. The van der Waals surface area contributed by atoms with Gasteiger partial charge in [0.1, 0.15) is 0 Å². The second-order valence-corrected chi connectivity index (χ2v) is 9.32. The van der Waals surface area contributed by atoms with Gasteiger partial charge < -0.3 is 4.90 Å². The van der Waals surface area contributed by atoms with Crippen LogP contribution < -0.4 is 0 Å². The summed E-state index contributed by atoms with van der Waals surface area (Å²) in [5.74, 6) is 2.37. The lowest BCUT2D eigenvalue weighted by Crippen LogP contribution is -2.15. The summed E-state index contributed by atoms with van der Waals surface area (Å²) >= 11 is 4.04. The van der Waals surface area contributed by atoms with Gasteiger partial charge in [-0.2, -0.15) is 0 Å². The van der Waals surface area contributed by atoms with Crippen LogP contribution in [0.25, 0.3) is 0 Å². The first-order chi connectivity index (χ1) is 12.7. The third kappa shape index (κ3) is 9.43. The molecule has 0 fully saturated rings. The molecule has 1 atom stereocenters. The smallest absolute Gasteiger partial charge is 0.0547 e. The van der Waals surface area contributed by atoms with Gasteiger partial charge in [0.2, 0.25) is 0 Å². The summed E-state index contributed by atoms with van der Waals surface area (Å²) in [4.78, 5) is 3.66. The molecular weight excluding hydrogens is 390 g/mol. The van der Waals surface area contributed by atoms with Crippen LogP contribution in [0, 0.1) is 0 Å². The van der Waals surface area contributed by atoms with Gasteiger partial charge in [-0.25, -0.2) is 0 Å². The molecule has 2 aromatic rings. The molecule has 0 heterocycles. The van der Waals surface area contributed by atoms with E-state index in [2.05, 4.69) is 80.5 Å². The Morgan fingerprint density at radius 3 is 2.11 bits per heavy atom. The Bertz CT molecular complexity index is 602. The molecule has 4 heteroatoms. The Labute approximate surface area is 181 Å². The van der Waals surface area contributed by atoms with Crippen LogP contribution >= 0.6 is 35.9 Å². The fourth-order valence-electron chi connectivity index (χ4n) is 2.82. The van der Waals surface area contributed by atoms with Crippen molar-refractivity contribution >= 4 is 35.9 Å². The molecule has 0 spiro atoms. The second kappa shape index (κ2) is 14.4. The Morgan fingerprint density at radius 1 is 0.815 bits per heavy atom. The molecule has 0 bridgehead atoms. The van der Waals surface area contributed by atoms with E-state index in [-0.39, 0.29) is 12.4 Å². The molecule has 0 amide bonds. The number of unbranched alkanes of at least 4 members (excludes halogenated alkanes) is 3. The van der Waals surface area contributed by atoms with Crippen LogP contribution in [0.2, 0.25) is 0 Å². The van der Waals surface area contributed by atoms with Gasteiger partial charge in [-0.1, -0.05) is 68.7 Å². The van der Waals surface area contributed by atoms with Gasteiger partial charge in [0.15, 0.2) is 0 Å². The van der Waals surface area contributed by atoms with E-state index in [4.69, 9.17) is 0 Å². The van der Waals surface area contributed by atoms with E-state index in [1.807, 2.05) is 23.5 Å². The zero-order chi connectivity index (χ0) is 18.6. The SMILES string of the molecule is CCCCCCSc1ccc(C(SCCN(C)C)c2ccccc2)cc1.Cl. The van der Waals surface area contributed by atoms with Crippen molar-refractivity contribution in [1.82, 2.24) is 4.90 Å².